The summed E-state index contributed by atoms with van der Waals surface area (Å²) in [5, 5.41) is 14.0. The molecule has 8 heteroatoms. The van der Waals surface area contributed by atoms with Crippen LogP contribution in [0.15, 0.2) is 53.4 Å². The van der Waals surface area contributed by atoms with Gasteiger partial charge < -0.3 is 10.1 Å². The lowest BCUT2D eigenvalue weighted by Crippen LogP contribution is -2.44. The maximum Gasteiger partial charge on any atom is 0.288 e. The molecule has 1 N–H and O–H groups in total. The number of carbonyl (C=O) groups excluding carboxylic acids is 1. The smallest absolute Gasteiger partial charge is 0.288 e. The van der Waals surface area contributed by atoms with Crippen LogP contribution in [0.25, 0.3) is 0 Å². The summed E-state index contributed by atoms with van der Waals surface area (Å²) in [7, 11) is 0. The molecule has 1 amide bonds. The average molecular weight is 407 g/mol. The van der Waals surface area contributed by atoms with Gasteiger partial charge in [0.2, 0.25) is 0 Å². The molecule has 0 unspecified atom stereocenters. The Morgan fingerprint density at radius 1 is 1.22 bits per heavy atom. The van der Waals surface area contributed by atoms with Crippen LogP contribution < -0.4 is 5.32 Å². The van der Waals surface area contributed by atoms with Crippen LogP contribution >= 0.6 is 23.4 Å². The van der Waals surface area contributed by atoms with Gasteiger partial charge >= 0.3 is 0 Å². The number of amides is 1. The number of hydrogen-bond acceptors (Lipinski definition) is 5. The maximum atomic E-state index is 12.6. The van der Waals surface area contributed by atoms with E-state index in [1.54, 1.807) is 11.8 Å². The summed E-state index contributed by atoms with van der Waals surface area (Å²) in [6.07, 6.45) is 1.63. The van der Waals surface area contributed by atoms with E-state index < -0.39 is 4.92 Å². The third-order valence-corrected chi connectivity index (χ3v) is 6.27. The Morgan fingerprint density at radius 2 is 1.93 bits per heavy atom. The number of rotatable bonds is 6. The van der Waals surface area contributed by atoms with Gasteiger partial charge in [-0.05, 0) is 37.1 Å². The van der Waals surface area contributed by atoms with Gasteiger partial charge in [-0.3, -0.25) is 14.9 Å². The van der Waals surface area contributed by atoms with Crippen molar-refractivity contribution < 1.29 is 14.5 Å². The van der Waals surface area contributed by atoms with Crippen LogP contribution in [0, 0.1) is 10.1 Å². The first kappa shape index (κ1) is 19.7. The number of hydrogen-bond donors (Lipinski definition) is 1. The molecule has 0 aromatic heterocycles. The predicted octanol–water partition coefficient (Wildman–Crippen LogP) is 4.32. The average Bonchev–Trinajstić information content (AvgIpc) is 2.68. The second-order valence-corrected chi connectivity index (χ2v) is 8.27. The maximum absolute atomic E-state index is 12.6. The fourth-order valence-corrected chi connectivity index (χ4v) is 4.43. The number of nitro groups is 1. The Bertz CT molecular complexity index is 826. The van der Waals surface area contributed by atoms with Crippen molar-refractivity contribution in [1.29, 1.82) is 0 Å². The zero-order valence-electron chi connectivity index (χ0n) is 14.5. The highest BCUT2D eigenvalue weighted by atomic mass is 35.5. The first-order valence-electron chi connectivity index (χ1n) is 8.53. The largest absolute Gasteiger partial charge is 0.381 e. The molecule has 1 saturated heterocycles. The number of thioether (sulfide) groups is 1. The summed E-state index contributed by atoms with van der Waals surface area (Å²) in [5.41, 5.74) is -0.0539. The molecule has 0 radical (unpaired) electrons. The molecule has 0 atom stereocenters. The fourth-order valence-electron chi connectivity index (χ4n) is 2.93. The Kier molecular flexibility index (Phi) is 6.36. The van der Waals surface area contributed by atoms with E-state index in [1.165, 1.54) is 18.2 Å². The highest BCUT2D eigenvalue weighted by molar-refractivity contribution is 8.00. The molecule has 1 heterocycles. The van der Waals surface area contributed by atoms with E-state index in [0.717, 1.165) is 17.7 Å². The van der Waals surface area contributed by atoms with Crippen LogP contribution in [0.1, 0.15) is 23.2 Å². The SMILES string of the molecule is O=C(NCC1(Sc2ccccc2)CCOCC1)c1ccc(Cl)c([N+](=O)[O-])c1. The zero-order valence-corrected chi connectivity index (χ0v) is 16.1. The van der Waals surface area contributed by atoms with E-state index in [2.05, 4.69) is 5.32 Å². The van der Waals surface area contributed by atoms with Gasteiger partial charge in [-0.1, -0.05) is 29.8 Å². The number of halogens is 1. The van der Waals surface area contributed by atoms with Crippen LogP contribution in [0.5, 0.6) is 0 Å². The predicted molar refractivity (Wildman–Crippen MR) is 106 cm³/mol. The van der Waals surface area contributed by atoms with Crippen molar-refractivity contribution in [2.24, 2.45) is 0 Å². The molecule has 142 valence electrons. The lowest BCUT2D eigenvalue weighted by Gasteiger charge is -2.36. The van der Waals surface area contributed by atoms with E-state index >= 15 is 0 Å². The van der Waals surface area contributed by atoms with Gasteiger partial charge in [0.25, 0.3) is 11.6 Å². The van der Waals surface area contributed by atoms with Crippen LogP contribution in [-0.2, 0) is 4.74 Å². The second kappa shape index (κ2) is 8.73. The summed E-state index contributed by atoms with van der Waals surface area (Å²) < 4.78 is 5.32. The summed E-state index contributed by atoms with van der Waals surface area (Å²) in [5.74, 6) is -0.353. The minimum absolute atomic E-state index is 0.0112. The van der Waals surface area contributed by atoms with Crippen LogP contribution in [0.4, 0.5) is 5.69 Å². The second-order valence-electron chi connectivity index (χ2n) is 6.32. The molecule has 0 spiro atoms. The van der Waals surface area contributed by atoms with Gasteiger partial charge in [0.15, 0.2) is 0 Å². The number of carbonyl (C=O) groups is 1. The van der Waals surface area contributed by atoms with Gasteiger partial charge in [-0.25, -0.2) is 0 Å². The Hall–Kier alpha value is -2.09. The van der Waals surface area contributed by atoms with E-state index in [4.69, 9.17) is 16.3 Å². The van der Waals surface area contributed by atoms with E-state index in [9.17, 15) is 14.9 Å². The molecule has 1 fully saturated rings. The molecular weight excluding hydrogens is 388 g/mol. The standard InChI is InChI=1S/C19H19ClN2O4S/c20-16-7-6-14(12-17(16)22(24)25)18(23)21-13-19(8-10-26-11-9-19)27-15-4-2-1-3-5-15/h1-7,12H,8-11,13H2,(H,21,23). The van der Waals surface area contributed by atoms with Crippen molar-refractivity contribution in [3.05, 3.63) is 69.2 Å². The highest BCUT2D eigenvalue weighted by Crippen LogP contribution is 2.40. The zero-order chi connectivity index (χ0) is 19.3. The number of nitro benzene ring substituents is 1. The topological polar surface area (TPSA) is 81.5 Å². The molecule has 1 aliphatic rings. The highest BCUT2D eigenvalue weighted by Gasteiger charge is 2.34. The fraction of sp³-hybridized carbons (Fsp3) is 0.316. The molecule has 2 aromatic carbocycles. The molecule has 0 saturated carbocycles. The lowest BCUT2D eigenvalue weighted by molar-refractivity contribution is -0.384. The minimum Gasteiger partial charge on any atom is -0.381 e. The Morgan fingerprint density at radius 3 is 2.59 bits per heavy atom. The number of ether oxygens (including phenoxy) is 1. The summed E-state index contributed by atoms with van der Waals surface area (Å²) in [6.45, 7) is 1.73. The summed E-state index contributed by atoms with van der Waals surface area (Å²) in [6, 6.07) is 14.1. The molecule has 0 bridgehead atoms. The van der Waals surface area contributed by atoms with Gasteiger partial charge in [0, 0.05) is 41.0 Å². The first-order valence-corrected chi connectivity index (χ1v) is 9.72. The minimum atomic E-state index is -0.593. The molecule has 27 heavy (non-hydrogen) atoms. The quantitative estimate of drug-likeness (QED) is 0.570. The van der Waals surface area contributed by atoms with Crippen molar-refractivity contribution in [1.82, 2.24) is 5.32 Å². The molecular formula is C19H19ClN2O4S. The Balaban J connectivity index is 1.72. The Labute approximate surface area is 166 Å². The molecule has 3 rings (SSSR count). The van der Waals surface area contributed by atoms with E-state index in [0.29, 0.717) is 19.8 Å². The van der Waals surface area contributed by atoms with Crippen molar-refractivity contribution >= 4 is 35.0 Å². The lowest BCUT2D eigenvalue weighted by atomic mass is 9.99. The summed E-state index contributed by atoms with van der Waals surface area (Å²) in [4.78, 5) is 24.1. The monoisotopic (exact) mass is 406 g/mol. The molecule has 2 aromatic rings. The molecule has 6 nitrogen and oxygen atoms in total. The van der Waals surface area contributed by atoms with Crippen molar-refractivity contribution in [3.8, 4) is 0 Å². The number of nitrogens with one attached hydrogen (secondary N) is 1. The molecule has 1 aliphatic heterocycles. The van der Waals surface area contributed by atoms with Crippen molar-refractivity contribution in [2.45, 2.75) is 22.5 Å². The normalized spacial score (nSPS) is 15.9. The van der Waals surface area contributed by atoms with Crippen molar-refractivity contribution in [3.63, 3.8) is 0 Å². The third-order valence-electron chi connectivity index (χ3n) is 4.46. The molecule has 0 aliphatic carbocycles. The van der Waals surface area contributed by atoms with Crippen LogP contribution in [-0.4, -0.2) is 35.3 Å². The summed E-state index contributed by atoms with van der Waals surface area (Å²) >= 11 is 7.55. The third kappa shape index (κ3) is 5.00. The van der Waals surface area contributed by atoms with E-state index in [-0.39, 0.29) is 26.9 Å². The number of nitrogens with zero attached hydrogens (tertiary/aromatic N) is 1. The van der Waals surface area contributed by atoms with Gasteiger partial charge in [-0.15, -0.1) is 11.8 Å². The van der Waals surface area contributed by atoms with Gasteiger partial charge in [0.1, 0.15) is 5.02 Å². The number of benzene rings is 2. The van der Waals surface area contributed by atoms with Gasteiger partial charge in [0.05, 0.1) is 4.92 Å². The van der Waals surface area contributed by atoms with Crippen molar-refractivity contribution in [2.75, 3.05) is 19.8 Å². The van der Waals surface area contributed by atoms with Crippen LogP contribution in [0.3, 0.4) is 0 Å². The van der Waals surface area contributed by atoms with Crippen LogP contribution in [0.2, 0.25) is 5.02 Å². The first-order chi connectivity index (χ1) is 13.0. The van der Waals surface area contributed by atoms with E-state index in [1.807, 2.05) is 30.3 Å². The van der Waals surface area contributed by atoms with Gasteiger partial charge in [-0.2, -0.15) is 0 Å².